The molecule has 0 aromatic heterocycles. The van der Waals surface area contributed by atoms with Gasteiger partial charge in [-0.1, -0.05) is 54.6 Å². The van der Waals surface area contributed by atoms with Crippen molar-refractivity contribution in [2.45, 2.75) is 32.0 Å². The quantitative estimate of drug-likeness (QED) is 0.658. The molecule has 2 heterocycles. The Kier molecular flexibility index (Phi) is 5.65. The number of fused-ring (bicyclic) bond motifs is 2. The minimum absolute atomic E-state index is 0.0459. The van der Waals surface area contributed by atoms with E-state index in [9.17, 15) is 14.4 Å². The highest BCUT2D eigenvalue weighted by atomic mass is 16.2. The largest absolute Gasteiger partial charge is 0.348 e. The van der Waals surface area contributed by atoms with Gasteiger partial charge in [-0.3, -0.25) is 14.4 Å². The van der Waals surface area contributed by atoms with Crippen LogP contribution in [0, 0.1) is 0 Å². The lowest BCUT2D eigenvalue weighted by Gasteiger charge is -2.26. The van der Waals surface area contributed by atoms with E-state index >= 15 is 0 Å². The van der Waals surface area contributed by atoms with Crippen LogP contribution in [0.4, 0.5) is 5.69 Å². The molecule has 166 valence electrons. The highest BCUT2D eigenvalue weighted by Gasteiger charge is 2.41. The molecule has 2 aliphatic heterocycles. The topological polar surface area (TPSA) is 69.7 Å². The van der Waals surface area contributed by atoms with Crippen LogP contribution < -0.4 is 10.2 Å². The van der Waals surface area contributed by atoms with E-state index < -0.39 is 6.04 Å². The van der Waals surface area contributed by atoms with Crippen LogP contribution in [-0.2, 0) is 17.9 Å². The van der Waals surface area contributed by atoms with Crippen LogP contribution in [0.5, 0.6) is 0 Å². The van der Waals surface area contributed by atoms with Gasteiger partial charge in [-0.05, 0) is 48.2 Å². The monoisotopic (exact) mass is 439 g/mol. The first-order valence-electron chi connectivity index (χ1n) is 11.2. The van der Waals surface area contributed by atoms with Crippen LogP contribution in [0.3, 0.4) is 0 Å². The first kappa shape index (κ1) is 20.9. The van der Waals surface area contributed by atoms with Crippen molar-refractivity contribution in [1.82, 2.24) is 10.2 Å². The summed E-state index contributed by atoms with van der Waals surface area (Å²) in [5, 5.41) is 2.93. The Morgan fingerprint density at radius 1 is 0.879 bits per heavy atom. The lowest BCUT2D eigenvalue weighted by molar-refractivity contribution is -0.122. The second-order valence-corrected chi connectivity index (χ2v) is 8.46. The molecule has 0 saturated carbocycles. The maximum atomic E-state index is 13.4. The Morgan fingerprint density at radius 3 is 2.39 bits per heavy atom. The predicted octanol–water partition coefficient (Wildman–Crippen LogP) is 3.77. The van der Waals surface area contributed by atoms with Crippen LogP contribution >= 0.6 is 0 Å². The number of anilines is 1. The molecule has 33 heavy (non-hydrogen) atoms. The molecule has 0 radical (unpaired) electrons. The van der Waals surface area contributed by atoms with Crippen molar-refractivity contribution in [2.24, 2.45) is 0 Å². The molecule has 0 unspecified atom stereocenters. The van der Waals surface area contributed by atoms with Gasteiger partial charge in [-0.15, -0.1) is 0 Å². The number of hydrogen-bond acceptors (Lipinski definition) is 3. The number of hydrogen-bond donors (Lipinski definition) is 1. The second-order valence-electron chi connectivity index (χ2n) is 8.46. The summed E-state index contributed by atoms with van der Waals surface area (Å²) in [7, 11) is 0. The first-order chi connectivity index (χ1) is 16.1. The minimum atomic E-state index is -0.409. The molecule has 3 aromatic carbocycles. The molecule has 0 spiro atoms. The molecule has 3 aromatic rings. The number of nitrogens with zero attached hydrogens (tertiary/aromatic N) is 2. The highest BCUT2D eigenvalue weighted by Crippen LogP contribution is 2.33. The van der Waals surface area contributed by atoms with Gasteiger partial charge < -0.3 is 15.1 Å². The molecule has 6 heteroatoms. The second kappa shape index (κ2) is 8.90. The average molecular weight is 440 g/mol. The van der Waals surface area contributed by atoms with Crippen molar-refractivity contribution in [2.75, 3.05) is 11.4 Å². The molecule has 0 aliphatic carbocycles. The van der Waals surface area contributed by atoms with Gasteiger partial charge in [0.2, 0.25) is 5.91 Å². The van der Waals surface area contributed by atoms with Gasteiger partial charge in [-0.2, -0.15) is 0 Å². The SMILES string of the molecule is O=C(NCc1ccccc1)c1ccc(CN2C(=O)[C@H]3CCCN3C(=O)c3ccccc32)cc1. The van der Waals surface area contributed by atoms with Gasteiger partial charge in [0, 0.05) is 18.7 Å². The van der Waals surface area contributed by atoms with Gasteiger partial charge in [0.25, 0.3) is 11.8 Å². The third-order valence-electron chi connectivity index (χ3n) is 6.34. The molecule has 1 saturated heterocycles. The van der Waals surface area contributed by atoms with Crippen molar-refractivity contribution in [3.05, 3.63) is 101 Å². The van der Waals surface area contributed by atoms with Crippen molar-refractivity contribution >= 4 is 23.4 Å². The van der Waals surface area contributed by atoms with E-state index in [1.807, 2.05) is 60.7 Å². The number of carbonyl (C=O) groups is 3. The van der Waals surface area contributed by atoms with E-state index in [0.29, 0.717) is 42.9 Å². The number of rotatable bonds is 5. The van der Waals surface area contributed by atoms with E-state index in [1.165, 1.54) is 0 Å². The number of amides is 3. The molecular weight excluding hydrogens is 414 g/mol. The summed E-state index contributed by atoms with van der Waals surface area (Å²) in [6, 6.07) is 23.9. The van der Waals surface area contributed by atoms with E-state index in [2.05, 4.69) is 5.32 Å². The average Bonchev–Trinajstić information content (AvgIpc) is 3.33. The summed E-state index contributed by atoms with van der Waals surface area (Å²) in [6.07, 6.45) is 1.53. The van der Waals surface area contributed by atoms with Crippen LogP contribution in [0.2, 0.25) is 0 Å². The fraction of sp³-hybridized carbons (Fsp3) is 0.222. The molecule has 1 atom stereocenters. The van der Waals surface area contributed by atoms with Gasteiger partial charge in [0.05, 0.1) is 17.8 Å². The first-order valence-corrected chi connectivity index (χ1v) is 11.2. The van der Waals surface area contributed by atoms with Crippen LogP contribution in [0.25, 0.3) is 0 Å². The zero-order chi connectivity index (χ0) is 22.8. The summed E-state index contributed by atoms with van der Waals surface area (Å²) in [6.45, 7) is 1.43. The Labute approximate surface area is 192 Å². The van der Waals surface area contributed by atoms with Crippen LogP contribution in [0.15, 0.2) is 78.9 Å². The predicted molar refractivity (Wildman–Crippen MR) is 126 cm³/mol. The number of carbonyl (C=O) groups excluding carboxylic acids is 3. The fourth-order valence-corrected chi connectivity index (χ4v) is 4.60. The third-order valence-corrected chi connectivity index (χ3v) is 6.34. The fourth-order valence-electron chi connectivity index (χ4n) is 4.60. The van der Waals surface area contributed by atoms with Gasteiger partial charge >= 0.3 is 0 Å². The summed E-state index contributed by atoms with van der Waals surface area (Å²) in [4.78, 5) is 42.4. The molecule has 1 N–H and O–H groups in total. The molecule has 3 amide bonds. The number of para-hydroxylation sites is 1. The van der Waals surface area contributed by atoms with Crippen molar-refractivity contribution in [1.29, 1.82) is 0 Å². The Balaban J connectivity index is 1.34. The van der Waals surface area contributed by atoms with E-state index in [1.54, 1.807) is 28.0 Å². The van der Waals surface area contributed by atoms with Crippen molar-refractivity contribution in [3.8, 4) is 0 Å². The summed E-state index contributed by atoms with van der Waals surface area (Å²) in [5.74, 6) is -0.265. The molecule has 6 nitrogen and oxygen atoms in total. The van der Waals surface area contributed by atoms with Gasteiger partial charge in [0.15, 0.2) is 0 Å². The number of nitrogens with one attached hydrogen (secondary N) is 1. The number of benzene rings is 3. The van der Waals surface area contributed by atoms with E-state index in [0.717, 1.165) is 17.5 Å². The van der Waals surface area contributed by atoms with Gasteiger partial charge in [0.1, 0.15) is 6.04 Å². The third kappa shape index (κ3) is 4.12. The van der Waals surface area contributed by atoms with E-state index in [-0.39, 0.29) is 17.7 Å². The Morgan fingerprint density at radius 2 is 1.61 bits per heavy atom. The zero-order valence-corrected chi connectivity index (χ0v) is 18.2. The molecule has 1 fully saturated rings. The van der Waals surface area contributed by atoms with Crippen LogP contribution in [-0.4, -0.2) is 35.2 Å². The maximum Gasteiger partial charge on any atom is 0.256 e. The maximum absolute atomic E-state index is 13.4. The summed E-state index contributed by atoms with van der Waals surface area (Å²) in [5.41, 5.74) is 3.71. The van der Waals surface area contributed by atoms with Gasteiger partial charge in [-0.25, -0.2) is 0 Å². The molecule has 5 rings (SSSR count). The lowest BCUT2D eigenvalue weighted by Crippen LogP contribution is -2.44. The van der Waals surface area contributed by atoms with Crippen molar-refractivity contribution < 1.29 is 14.4 Å². The zero-order valence-electron chi connectivity index (χ0n) is 18.2. The summed E-state index contributed by atoms with van der Waals surface area (Å²) < 4.78 is 0. The molecule has 2 aliphatic rings. The van der Waals surface area contributed by atoms with Crippen LogP contribution in [0.1, 0.15) is 44.7 Å². The highest BCUT2D eigenvalue weighted by molar-refractivity contribution is 6.11. The molecular formula is C27H25N3O3. The summed E-state index contributed by atoms with van der Waals surface area (Å²) >= 11 is 0. The smallest absolute Gasteiger partial charge is 0.256 e. The van der Waals surface area contributed by atoms with E-state index in [4.69, 9.17) is 0 Å². The Hall–Kier alpha value is -3.93. The standard InChI is InChI=1S/C27H25N3O3/c31-25(28-17-19-7-2-1-3-8-19)21-14-12-20(13-15-21)18-30-23-10-5-4-9-22(23)26(32)29-16-6-11-24(29)27(30)33/h1-5,7-10,12-15,24H,6,11,16-18H2,(H,28,31)/t24-/m1/s1. The normalized spacial score (nSPS) is 17.4. The minimum Gasteiger partial charge on any atom is -0.348 e. The van der Waals surface area contributed by atoms with Crippen molar-refractivity contribution in [3.63, 3.8) is 0 Å². The molecule has 0 bridgehead atoms. The Bertz CT molecular complexity index is 1190. The lowest BCUT2D eigenvalue weighted by atomic mass is 10.1.